The predicted molar refractivity (Wildman–Crippen MR) is 47.8 cm³/mol. The fraction of sp³-hybridized carbons (Fsp3) is 0.800. The van der Waals surface area contributed by atoms with Gasteiger partial charge in [0.05, 0.1) is 12.2 Å². The van der Waals surface area contributed by atoms with Crippen LogP contribution in [0.15, 0.2) is 0 Å². The Hall–Kier alpha value is -0.520. The van der Waals surface area contributed by atoms with Crippen LogP contribution in [-0.4, -0.2) is 24.9 Å². The molecule has 0 radical (unpaired) electrons. The molecule has 0 N–H and O–H groups in total. The first kappa shape index (κ1) is 9.57. The molecular weight excluding hydrogens is 152 g/mol. The molecule has 0 aromatic rings. The zero-order valence-electron chi connectivity index (χ0n) is 7.96. The lowest BCUT2D eigenvalue weighted by atomic mass is 9.88. The number of methoxy groups -OCH3 is 1. The minimum absolute atomic E-state index is 0.199. The summed E-state index contributed by atoms with van der Waals surface area (Å²) in [6.45, 7) is 4.06. The van der Waals surface area contributed by atoms with Gasteiger partial charge in [-0.3, -0.25) is 0 Å². The van der Waals surface area contributed by atoms with Crippen molar-refractivity contribution in [2.24, 2.45) is 0 Å². The van der Waals surface area contributed by atoms with Crippen molar-refractivity contribution < 1.29 is 9.47 Å². The minimum atomic E-state index is -0.392. The molecule has 2 atom stereocenters. The second kappa shape index (κ2) is 3.47. The number of terminal acetylenes is 1. The van der Waals surface area contributed by atoms with E-state index in [1.165, 1.54) is 0 Å². The molecule has 0 amide bonds. The Morgan fingerprint density at radius 2 is 1.92 bits per heavy atom. The van der Waals surface area contributed by atoms with Crippen LogP contribution in [0.3, 0.4) is 0 Å². The highest BCUT2D eigenvalue weighted by molar-refractivity contribution is 5.11. The van der Waals surface area contributed by atoms with Crippen LogP contribution < -0.4 is 0 Å². The van der Waals surface area contributed by atoms with Gasteiger partial charge in [0.25, 0.3) is 0 Å². The van der Waals surface area contributed by atoms with Crippen molar-refractivity contribution in [3.63, 3.8) is 0 Å². The lowest BCUT2D eigenvalue weighted by Crippen LogP contribution is -2.43. The highest BCUT2D eigenvalue weighted by atomic mass is 16.5. The standard InChI is InChI=1S/C10H16O2/c1-5-10(11-4)6-8(2)12-9(3)7-10/h1,8-9H,6-7H2,2-4H3. The first-order valence-electron chi connectivity index (χ1n) is 4.30. The molecule has 2 unspecified atom stereocenters. The molecule has 68 valence electrons. The van der Waals surface area contributed by atoms with Crippen LogP contribution in [0.4, 0.5) is 0 Å². The molecule has 2 nitrogen and oxygen atoms in total. The van der Waals surface area contributed by atoms with E-state index in [4.69, 9.17) is 15.9 Å². The lowest BCUT2D eigenvalue weighted by molar-refractivity contribution is -0.120. The van der Waals surface area contributed by atoms with E-state index in [1.807, 2.05) is 13.8 Å². The second-order valence-corrected chi connectivity index (χ2v) is 3.51. The number of hydrogen-bond acceptors (Lipinski definition) is 2. The topological polar surface area (TPSA) is 18.5 Å². The van der Waals surface area contributed by atoms with Crippen molar-refractivity contribution >= 4 is 0 Å². The highest BCUT2D eigenvalue weighted by Gasteiger charge is 2.36. The Bertz CT molecular complexity index is 183. The summed E-state index contributed by atoms with van der Waals surface area (Å²) in [5.41, 5.74) is -0.392. The second-order valence-electron chi connectivity index (χ2n) is 3.51. The predicted octanol–water partition coefficient (Wildman–Crippen LogP) is 1.59. The highest BCUT2D eigenvalue weighted by Crippen LogP contribution is 2.30. The normalized spacial score (nSPS) is 42.2. The third-order valence-corrected chi connectivity index (χ3v) is 2.35. The summed E-state index contributed by atoms with van der Waals surface area (Å²) >= 11 is 0. The first-order chi connectivity index (χ1) is 5.62. The lowest BCUT2D eigenvalue weighted by Gasteiger charge is -2.38. The van der Waals surface area contributed by atoms with Crippen molar-refractivity contribution in [2.45, 2.75) is 44.5 Å². The molecule has 1 fully saturated rings. The van der Waals surface area contributed by atoms with Crippen molar-refractivity contribution in [3.05, 3.63) is 0 Å². The van der Waals surface area contributed by atoms with Crippen LogP contribution in [0.25, 0.3) is 0 Å². The Labute approximate surface area is 74.2 Å². The van der Waals surface area contributed by atoms with Gasteiger partial charge < -0.3 is 9.47 Å². The molecule has 1 heterocycles. The molecule has 0 aliphatic carbocycles. The van der Waals surface area contributed by atoms with Gasteiger partial charge in [-0.15, -0.1) is 6.42 Å². The van der Waals surface area contributed by atoms with E-state index in [0.717, 1.165) is 12.8 Å². The molecule has 1 saturated heterocycles. The maximum Gasteiger partial charge on any atom is 0.132 e. The summed E-state index contributed by atoms with van der Waals surface area (Å²) in [4.78, 5) is 0. The van der Waals surface area contributed by atoms with E-state index in [-0.39, 0.29) is 12.2 Å². The Morgan fingerprint density at radius 3 is 2.25 bits per heavy atom. The van der Waals surface area contributed by atoms with Crippen LogP contribution in [0.2, 0.25) is 0 Å². The summed E-state index contributed by atoms with van der Waals surface area (Å²) in [7, 11) is 1.67. The monoisotopic (exact) mass is 168 g/mol. The Balaban J connectivity index is 2.71. The molecule has 0 spiro atoms. The van der Waals surface area contributed by atoms with Gasteiger partial charge >= 0.3 is 0 Å². The quantitative estimate of drug-likeness (QED) is 0.553. The number of rotatable bonds is 1. The summed E-state index contributed by atoms with van der Waals surface area (Å²) in [6, 6.07) is 0. The van der Waals surface area contributed by atoms with Gasteiger partial charge in [0.1, 0.15) is 5.60 Å². The van der Waals surface area contributed by atoms with Gasteiger partial charge in [-0.2, -0.15) is 0 Å². The van der Waals surface area contributed by atoms with Gasteiger partial charge in [0.15, 0.2) is 0 Å². The molecule has 0 aromatic heterocycles. The van der Waals surface area contributed by atoms with Crippen LogP contribution >= 0.6 is 0 Å². The molecule has 1 aliphatic rings. The third kappa shape index (κ3) is 1.80. The number of ether oxygens (including phenoxy) is 2. The van der Waals surface area contributed by atoms with Crippen molar-refractivity contribution in [3.8, 4) is 12.3 Å². The largest absolute Gasteiger partial charge is 0.375 e. The third-order valence-electron chi connectivity index (χ3n) is 2.35. The zero-order chi connectivity index (χ0) is 9.19. The Morgan fingerprint density at radius 1 is 1.42 bits per heavy atom. The van der Waals surface area contributed by atoms with Crippen molar-refractivity contribution in [2.75, 3.05) is 7.11 Å². The van der Waals surface area contributed by atoms with Crippen molar-refractivity contribution in [1.82, 2.24) is 0 Å². The van der Waals surface area contributed by atoms with Gasteiger partial charge in [0.2, 0.25) is 0 Å². The van der Waals surface area contributed by atoms with E-state index >= 15 is 0 Å². The average Bonchev–Trinajstić information content (AvgIpc) is 2.02. The van der Waals surface area contributed by atoms with Crippen LogP contribution in [-0.2, 0) is 9.47 Å². The van der Waals surface area contributed by atoms with Crippen LogP contribution in [0, 0.1) is 12.3 Å². The van der Waals surface area contributed by atoms with E-state index < -0.39 is 5.60 Å². The zero-order valence-corrected chi connectivity index (χ0v) is 7.96. The van der Waals surface area contributed by atoms with E-state index in [2.05, 4.69) is 5.92 Å². The molecule has 1 aliphatic heterocycles. The molecule has 0 bridgehead atoms. The van der Waals surface area contributed by atoms with E-state index in [9.17, 15) is 0 Å². The molecule has 0 aromatic carbocycles. The fourth-order valence-electron chi connectivity index (χ4n) is 1.85. The maximum atomic E-state index is 5.57. The maximum absolute atomic E-state index is 5.57. The molecule has 12 heavy (non-hydrogen) atoms. The number of hydrogen-bond donors (Lipinski definition) is 0. The summed E-state index contributed by atoms with van der Waals surface area (Å²) in [5.74, 6) is 2.73. The van der Waals surface area contributed by atoms with Crippen molar-refractivity contribution in [1.29, 1.82) is 0 Å². The summed E-state index contributed by atoms with van der Waals surface area (Å²) in [6.07, 6.45) is 7.43. The van der Waals surface area contributed by atoms with E-state index in [1.54, 1.807) is 7.11 Å². The molecule has 2 heteroatoms. The smallest absolute Gasteiger partial charge is 0.132 e. The van der Waals surface area contributed by atoms with Gasteiger partial charge in [-0.05, 0) is 13.8 Å². The van der Waals surface area contributed by atoms with Gasteiger partial charge in [0, 0.05) is 20.0 Å². The minimum Gasteiger partial charge on any atom is -0.375 e. The molecule has 1 rings (SSSR count). The van der Waals surface area contributed by atoms with Gasteiger partial charge in [-0.1, -0.05) is 5.92 Å². The average molecular weight is 168 g/mol. The SMILES string of the molecule is C#CC1(OC)CC(C)OC(C)C1. The van der Waals surface area contributed by atoms with E-state index in [0.29, 0.717) is 0 Å². The van der Waals surface area contributed by atoms with Crippen LogP contribution in [0.5, 0.6) is 0 Å². The van der Waals surface area contributed by atoms with Gasteiger partial charge in [-0.25, -0.2) is 0 Å². The summed E-state index contributed by atoms with van der Waals surface area (Å²) < 4.78 is 10.9. The Kier molecular flexibility index (Phi) is 2.76. The summed E-state index contributed by atoms with van der Waals surface area (Å²) in [5, 5.41) is 0. The first-order valence-corrected chi connectivity index (χ1v) is 4.30. The molecular formula is C10H16O2. The fourth-order valence-corrected chi connectivity index (χ4v) is 1.85. The van der Waals surface area contributed by atoms with Crippen LogP contribution in [0.1, 0.15) is 26.7 Å². The molecule has 0 saturated carbocycles.